The minimum atomic E-state index is -0.0732. The van der Waals surface area contributed by atoms with Crippen LogP contribution >= 0.6 is 0 Å². The quantitative estimate of drug-likeness (QED) is 0.653. The van der Waals surface area contributed by atoms with Crippen LogP contribution in [-0.4, -0.2) is 39.8 Å². The number of likely N-dealkylation sites (tertiary alicyclic amines) is 1. The van der Waals surface area contributed by atoms with Crippen molar-refractivity contribution >= 4 is 17.6 Å². The molecular formula is C27H34N4O2. The van der Waals surface area contributed by atoms with Crippen molar-refractivity contribution in [2.75, 3.05) is 18.0 Å². The van der Waals surface area contributed by atoms with Crippen LogP contribution in [0.1, 0.15) is 80.1 Å². The van der Waals surface area contributed by atoms with Gasteiger partial charge in [0.25, 0.3) is 0 Å². The van der Waals surface area contributed by atoms with Crippen LogP contribution in [0.15, 0.2) is 30.3 Å². The van der Waals surface area contributed by atoms with E-state index in [-0.39, 0.29) is 17.9 Å². The first-order valence-electron chi connectivity index (χ1n) is 12.6. The normalized spacial score (nSPS) is 21.0. The molecule has 5 rings (SSSR count). The van der Waals surface area contributed by atoms with Crippen LogP contribution in [0, 0.1) is 12.8 Å². The summed E-state index contributed by atoms with van der Waals surface area (Å²) in [6, 6.07) is 10.2. The number of rotatable bonds is 6. The van der Waals surface area contributed by atoms with Gasteiger partial charge < -0.3 is 4.90 Å². The molecule has 1 atom stereocenters. The van der Waals surface area contributed by atoms with Gasteiger partial charge in [-0.1, -0.05) is 43.2 Å². The Morgan fingerprint density at radius 2 is 1.82 bits per heavy atom. The lowest BCUT2D eigenvalue weighted by atomic mass is 10.0. The molecule has 0 radical (unpaired) electrons. The van der Waals surface area contributed by atoms with Crippen molar-refractivity contribution in [3.05, 3.63) is 53.0 Å². The highest BCUT2D eigenvalue weighted by Gasteiger charge is 2.35. The number of hydrogen-bond acceptors (Lipinski definition) is 4. The fourth-order valence-electron chi connectivity index (χ4n) is 5.78. The second-order valence-electron chi connectivity index (χ2n) is 9.85. The van der Waals surface area contributed by atoms with Gasteiger partial charge in [-0.25, -0.2) is 9.97 Å². The monoisotopic (exact) mass is 446 g/mol. The number of benzene rings is 1. The topological polar surface area (TPSA) is 66.4 Å². The molecule has 6 nitrogen and oxygen atoms in total. The number of carbonyl (C=O) groups excluding carboxylic acids is 2. The van der Waals surface area contributed by atoms with Gasteiger partial charge in [-0.15, -0.1) is 0 Å². The summed E-state index contributed by atoms with van der Waals surface area (Å²) in [6.45, 7) is 3.42. The SMILES string of the molecule is Cc1nc([C@H]2CCCN2C(=O)CC2CCCC2)nc2c1CCC(=O)N2CCc1ccccc1. The third-order valence-corrected chi connectivity index (χ3v) is 7.63. The van der Waals surface area contributed by atoms with E-state index in [0.717, 1.165) is 42.9 Å². The Bertz CT molecular complexity index is 1020. The van der Waals surface area contributed by atoms with E-state index in [1.165, 1.54) is 31.2 Å². The Labute approximate surface area is 196 Å². The summed E-state index contributed by atoms with van der Waals surface area (Å²) in [5.41, 5.74) is 3.23. The lowest BCUT2D eigenvalue weighted by molar-refractivity contribution is -0.133. The molecule has 2 fully saturated rings. The highest BCUT2D eigenvalue weighted by atomic mass is 16.2. The highest BCUT2D eigenvalue weighted by molar-refractivity contribution is 5.95. The fraction of sp³-hybridized carbons (Fsp3) is 0.556. The summed E-state index contributed by atoms with van der Waals surface area (Å²) in [5.74, 6) is 2.39. The molecule has 33 heavy (non-hydrogen) atoms. The Balaban J connectivity index is 1.39. The fourth-order valence-corrected chi connectivity index (χ4v) is 5.78. The van der Waals surface area contributed by atoms with Gasteiger partial charge in [0.1, 0.15) is 5.82 Å². The van der Waals surface area contributed by atoms with Crippen molar-refractivity contribution in [1.29, 1.82) is 0 Å². The first-order chi connectivity index (χ1) is 16.1. The average Bonchev–Trinajstić information content (AvgIpc) is 3.51. The molecule has 1 aromatic heterocycles. The predicted molar refractivity (Wildman–Crippen MR) is 128 cm³/mol. The number of nitrogens with zero attached hydrogens (tertiary/aromatic N) is 4. The van der Waals surface area contributed by atoms with E-state index in [1.54, 1.807) is 0 Å². The van der Waals surface area contributed by atoms with Crippen LogP contribution < -0.4 is 4.90 Å². The summed E-state index contributed by atoms with van der Waals surface area (Å²) < 4.78 is 0. The molecule has 3 aliphatic rings. The number of anilines is 1. The zero-order chi connectivity index (χ0) is 22.8. The molecule has 1 saturated heterocycles. The average molecular weight is 447 g/mol. The smallest absolute Gasteiger partial charge is 0.228 e. The van der Waals surface area contributed by atoms with Crippen molar-refractivity contribution in [3.8, 4) is 0 Å². The van der Waals surface area contributed by atoms with Gasteiger partial charge in [-0.3, -0.25) is 14.5 Å². The van der Waals surface area contributed by atoms with E-state index in [9.17, 15) is 9.59 Å². The molecular weight excluding hydrogens is 412 g/mol. The van der Waals surface area contributed by atoms with Gasteiger partial charge in [0.05, 0.1) is 6.04 Å². The van der Waals surface area contributed by atoms with Gasteiger partial charge in [0.15, 0.2) is 5.82 Å². The molecule has 0 bridgehead atoms. The highest BCUT2D eigenvalue weighted by Crippen LogP contribution is 2.36. The summed E-state index contributed by atoms with van der Waals surface area (Å²) in [6.07, 6.45) is 9.38. The molecule has 2 aliphatic heterocycles. The number of carbonyl (C=O) groups is 2. The maximum Gasteiger partial charge on any atom is 0.228 e. The van der Waals surface area contributed by atoms with E-state index in [4.69, 9.17) is 9.97 Å². The first-order valence-corrected chi connectivity index (χ1v) is 12.6. The molecule has 1 aliphatic carbocycles. The van der Waals surface area contributed by atoms with Crippen molar-refractivity contribution in [2.24, 2.45) is 5.92 Å². The lowest BCUT2D eigenvalue weighted by Gasteiger charge is -2.31. The second-order valence-corrected chi connectivity index (χ2v) is 9.85. The molecule has 1 saturated carbocycles. The zero-order valence-electron chi connectivity index (χ0n) is 19.6. The van der Waals surface area contributed by atoms with Crippen LogP contribution in [0.4, 0.5) is 5.82 Å². The third kappa shape index (κ3) is 4.66. The van der Waals surface area contributed by atoms with Gasteiger partial charge >= 0.3 is 0 Å². The zero-order valence-corrected chi connectivity index (χ0v) is 19.6. The number of hydrogen-bond donors (Lipinski definition) is 0. The predicted octanol–water partition coefficient (Wildman–Crippen LogP) is 4.55. The maximum absolute atomic E-state index is 13.1. The van der Waals surface area contributed by atoms with Crippen LogP contribution in [0.3, 0.4) is 0 Å². The maximum atomic E-state index is 13.1. The molecule has 6 heteroatoms. The van der Waals surface area contributed by atoms with Gasteiger partial charge in [0, 0.05) is 37.2 Å². The Morgan fingerprint density at radius 1 is 1.03 bits per heavy atom. The molecule has 0 spiro atoms. The summed E-state index contributed by atoms with van der Waals surface area (Å²) in [4.78, 5) is 39.7. The number of fused-ring (bicyclic) bond motifs is 1. The van der Waals surface area contributed by atoms with Crippen LogP contribution in [0.2, 0.25) is 0 Å². The van der Waals surface area contributed by atoms with Crippen LogP contribution in [-0.2, 0) is 22.4 Å². The summed E-state index contributed by atoms with van der Waals surface area (Å²) in [7, 11) is 0. The Hall–Kier alpha value is -2.76. The minimum absolute atomic E-state index is 0.0732. The molecule has 1 aromatic carbocycles. The summed E-state index contributed by atoms with van der Waals surface area (Å²) >= 11 is 0. The van der Waals surface area contributed by atoms with Crippen molar-refractivity contribution in [2.45, 2.75) is 77.2 Å². The van der Waals surface area contributed by atoms with Gasteiger partial charge in [-0.2, -0.15) is 0 Å². The van der Waals surface area contributed by atoms with E-state index in [2.05, 4.69) is 12.1 Å². The molecule has 174 valence electrons. The van der Waals surface area contributed by atoms with Crippen molar-refractivity contribution < 1.29 is 9.59 Å². The number of amides is 2. The van der Waals surface area contributed by atoms with E-state index in [1.807, 2.05) is 34.9 Å². The second kappa shape index (κ2) is 9.62. The van der Waals surface area contributed by atoms with E-state index >= 15 is 0 Å². The molecule has 2 aromatic rings. The van der Waals surface area contributed by atoms with Gasteiger partial charge in [0.2, 0.25) is 11.8 Å². The number of aryl methyl sites for hydroxylation is 1. The Kier molecular flexibility index (Phi) is 6.43. The summed E-state index contributed by atoms with van der Waals surface area (Å²) in [5, 5.41) is 0. The molecule has 0 N–H and O–H groups in total. The van der Waals surface area contributed by atoms with Crippen LogP contribution in [0.25, 0.3) is 0 Å². The van der Waals surface area contributed by atoms with Gasteiger partial charge in [-0.05, 0) is 56.9 Å². The molecule has 0 unspecified atom stereocenters. The largest absolute Gasteiger partial charge is 0.332 e. The standard InChI is InChI=1S/C27H34N4O2/c1-19-22-13-14-24(32)31(17-15-20-8-3-2-4-9-20)27(22)29-26(28-19)23-12-7-16-30(23)25(33)18-21-10-5-6-11-21/h2-4,8-9,21,23H,5-7,10-18H2,1H3/t23-/m1/s1. The minimum Gasteiger partial charge on any atom is -0.332 e. The Morgan fingerprint density at radius 3 is 2.61 bits per heavy atom. The molecule has 2 amide bonds. The third-order valence-electron chi connectivity index (χ3n) is 7.63. The van der Waals surface area contributed by atoms with E-state index in [0.29, 0.717) is 37.5 Å². The first kappa shape index (κ1) is 22.1. The molecule has 3 heterocycles. The number of aromatic nitrogens is 2. The van der Waals surface area contributed by atoms with Crippen molar-refractivity contribution in [3.63, 3.8) is 0 Å². The van der Waals surface area contributed by atoms with Crippen molar-refractivity contribution in [1.82, 2.24) is 14.9 Å². The van der Waals surface area contributed by atoms with E-state index < -0.39 is 0 Å². The lowest BCUT2D eigenvalue weighted by Crippen LogP contribution is -2.39. The van der Waals surface area contributed by atoms with Crippen LogP contribution in [0.5, 0.6) is 0 Å².